The molecule has 0 saturated heterocycles. The number of carbonyl (C=O) groups is 2. The van der Waals surface area contributed by atoms with Gasteiger partial charge in [-0.1, -0.05) is 19.9 Å². The molecule has 126 valence electrons. The maximum absolute atomic E-state index is 12.4. The summed E-state index contributed by atoms with van der Waals surface area (Å²) in [5.74, 6) is -1.52. The minimum atomic E-state index is -4.02. The predicted molar refractivity (Wildman–Crippen MR) is 83.7 cm³/mol. The molecule has 0 aromatic heterocycles. The molecule has 1 aromatic rings. The number of nitrogens with one attached hydrogen (secondary N) is 2. The third-order valence-electron chi connectivity index (χ3n) is 3.62. The Morgan fingerprint density at radius 2 is 2.09 bits per heavy atom. The molecule has 0 radical (unpaired) electrons. The van der Waals surface area contributed by atoms with Crippen LogP contribution in [0.15, 0.2) is 23.1 Å². The van der Waals surface area contributed by atoms with Crippen LogP contribution >= 0.6 is 0 Å². The average Bonchev–Trinajstić information content (AvgIpc) is 2.46. The molecule has 23 heavy (non-hydrogen) atoms. The Kier molecular flexibility index (Phi) is 5.06. The minimum Gasteiger partial charge on any atom is -0.480 e. The number of aliphatic carboxylic acids is 1. The van der Waals surface area contributed by atoms with E-state index in [2.05, 4.69) is 10.0 Å². The van der Waals surface area contributed by atoms with E-state index in [-0.39, 0.29) is 23.1 Å². The Morgan fingerprint density at radius 1 is 1.39 bits per heavy atom. The van der Waals surface area contributed by atoms with Crippen LogP contribution in [0.5, 0.6) is 0 Å². The van der Waals surface area contributed by atoms with Gasteiger partial charge in [0.15, 0.2) is 0 Å². The highest BCUT2D eigenvalue weighted by molar-refractivity contribution is 7.89. The van der Waals surface area contributed by atoms with Gasteiger partial charge in [-0.15, -0.1) is 0 Å². The SMILES string of the molecule is CC(C)C[C@H](NS(=O)(=O)c1ccc2c(c1)C(=O)NCC2)C(=O)O. The molecule has 2 rings (SSSR count). The van der Waals surface area contributed by atoms with Crippen LogP contribution in [0, 0.1) is 5.92 Å². The average molecular weight is 340 g/mol. The zero-order valence-corrected chi connectivity index (χ0v) is 13.8. The van der Waals surface area contributed by atoms with E-state index < -0.39 is 22.0 Å². The highest BCUT2D eigenvalue weighted by Gasteiger charge is 2.27. The molecule has 0 fully saturated rings. The number of amides is 1. The quantitative estimate of drug-likeness (QED) is 0.707. The number of rotatable bonds is 6. The predicted octanol–water partition coefficient (Wildman–Crippen LogP) is 0.750. The summed E-state index contributed by atoms with van der Waals surface area (Å²) in [7, 11) is -4.02. The summed E-state index contributed by atoms with van der Waals surface area (Å²) in [5, 5.41) is 11.8. The largest absolute Gasteiger partial charge is 0.480 e. The van der Waals surface area contributed by atoms with E-state index in [1.54, 1.807) is 6.07 Å². The number of benzene rings is 1. The second-order valence-corrected chi connectivity index (χ2v) is 7.68. The molecule has 1 heterocycles. The van der Waals surface area contributed by atoms with Crippen molar-refractivity contribution in [3.8, 4) is 0 Å². The van der Waals surface area contributed by atoms with Crippen LogP contribution in [0.1, 0.15) is 36.2 Å². The number of carbonyl (C=O) groups excluding carboxylic acids is 1. The maximum atomic E-state index is 12.4. The lowest BCUT2D eigenvalue weighted by Gasteiger charge is -2.19. The van der Waals surface area contributed by atoms with E-state index in [0.717, 1.165) is 5.56 Å². The van der Waals surface area contributed by atoms with Crippen molar-refractivity contribution in [2.45, 2.75) is 37.6 Å². The van der Waals surface area contributed by atoms with Crippen molar-refractivity contribution in [3.63, 3.8) is 0 Å². The van der Waals surface area contributed by atoms with Crippen molar-refractivity contribution in [1.29, 1.82) is 0 Å². The van der Waals surface area contributed by atoms with E-state index in [1.165, 1.54) is 12.1 Å². The molecule has 0 bridgehead atoms. The van der Waals surface area contributed by atoms with Crippen LogP contribution in [0.4, 0.5) is 0 Å². The van der Waals surface area contributed by atoms with Gasteiger partial charge in [0, 0.05) is 12.1 Å². The van der Waals surface area contributed by atoms with Crippen LogP contribution < -0.4 is 10.0 Å². The Hall–Kier alpha value is -1.93. The summed E-state index contributed by atoms with van der Waals surface area (Å²) in [4.78, 5) is 22.9. The van der Waals surface area contributed by atoms with Gasteiger partial charge in [0.25, 0.3) is 5.91 Å². The molecule has 1 aliphatic heterocycles. The first-order chi connectivity index (χ1) is 10.7. The molecule has 0 saturated carbocycles. The van der Waals surface area contributed by atoms with Gasteiger partial charge in [-0.2, -0.15) is 4.72 Å². The van der Waals surface area contributed by atoms with Crippen molar-refractivity contribution >= 4 is 21.9 Å². The molecule has 8 heteroatoms. The smallest absolute Gasteiger partial charge is 0.321 e. The second kappa shape index (κ2) is 6.67. The van der Waals surface area contributed by atoms with Crippen molar-refractivity contribution in [2.24, 2.45) is 5.92 Å². The summed E-state index contributed by atoms with van der Waals surface area (Å²) in [6.07, 6.45) is 0.819. The first-order valence-corrected chi connectivity index (χ1v) is 8.85. The van der Waals surface area contributed by atoms with Crippen LogP contribution in [0.3, 0.4) is 0 Å². The summed E-state index contributed by atoms with van der Waals surface area (Å²) < 4.78 is 27.0. The molecule has 7 nitrogen and oxygen atoms in total. The lowest BCUT2D eigenvalue weighted by molar-refractivity contribution is -0.139. The van der Waals surface area contributed by atoms with Gasteiger partial charge in [0.2, 0.25) is 10.0 Å². The second-order valence-electron chi connectivity index (χ2n) is 5.97. The van der Waals surface area contributed by atoms with Gasteiger partial charge in [0.05, 0.1) is 4.90 Å². The summed E-state index contributed by atoms with van der Waals surface area (Å²) in [6.45, 7) is 4.15. The van der Waals surface area contributed by atoms with Crippen LogP contribution in [0.2, 0.25) is 0 Å². The van der Waals surface area contributed by atoms with Gasteiger partial charge >= 0.3 is 5.97 Å². The van der Waals surface area contributed by atoms with Crippen LogP contribution in [0.25, 0.3) is 0 Å². The number of carboxylic acid groups (broad SMARTS) is 1. The van der Waals surface area contributed by atoms with E-state index in [0.29, 0.717) is 18.5 Å². The molecule has 0 unspecified atom stereocenters. The van der Waals surface area contributed by atoms with Crippen molar-refractivity contribution < 1.29 is 23.1 Å². The Balaban J connectivity index is 2.30. The first-order valence-electron chi connectivity index (χ1n) is 7.37. The van der Waals surface area contributed by atoms with Gasteiger partial charge in [0.1, 0.15) is 6.04 Å². The molecule has 0 aliphatic carbocycles. The normalized spacial score (nSPS) is 15.9. The van der Waals surface area contributed by atoms with Crippen LogP contribution in [-0.4, -0.2) is 38.0 Å². The van der Waals surface area contributed by atoms with E-state index in [9.17, 15) is 23.1 Å². The zero-order valence-electron chi connectivity index (χ0n) is 13.0. The minimum absolute atomic E-state index is 0.0214. The highest BCUT2D eigenvalue weighted by atomic mass is 32.2. The molecule has 1 aliphatic rings. The number of carboxylic acids is 1. The molecular formula is C15H20N2O5S. The number of sulfonamides is 1. The van der Waals surface area contributed by atoms with Crippen molar-refractivity contribution in [2.75, 3.05) is 6.54 Å². The molecule has 1 aromatic carbocycles. The van der Waals surface area contributed by atoms with Crippen molar-refractivity contribution in [3.05, 3.63) is 29.3 Å². The third kappa shape index (κ3) is 4.08. The molecule has 3 N–H and O–H groups in total. The van der Waals surface area contributed by atoms with Gasteiger partial charge in [-0.05, 0) is 36.5 Å². The van der Waals surface area contributed by atoms with Crippen molar-refractivity contribution in [1.82, 2.24) is 10.0 Å². The van der Waals surface area contributed by atoms with E-state index in [1.807, 2.05) is 13.8 Å². The molecule has 1 atom stereocenters. The number of fused-ring (bicyclic) bond motifs is 1. The van der Waals surface area contributed by atoms with Crippen LogP contribution in [-0.2, 0) is 21.2 Å². The van der Waals surface area contributed by atoms with Gasteiger partial charge in [-0.25, -0.2) is 8.42 Å². The third-order valence-corrected chi connectivity index (χ3v) is 5.09. The summed E-state index contributed by atoms with van der Waals surface area (Å²) in [6, 6.07) is 3.08. The zero-order chi connectivity index (χ0) is 17.2. The monoisotopic (exact) mass is 340 g/mol. The van der Waals surface area contributed by atoms with Gasteiger partial charge < -0.3 is 10.4 Å². The fourth-order valence-electron chi connectivity index (χ4n) is 2.48. The Bertz CT molecular complexity index is 727. The fraction of sp³-hybridized carbons (Fsp3) is 0.467. The Morgan fingerprint density at radius 3 is 2.70 bits per heavy atom. The first kappa shape index (κ1) is 17.4. The summed E-state index contributed by atoms with van der Waals surface area (Å²) in [5.41, 5.74) is 1.10. The lowest BCUT2D eigenvalue weighted by atomic mass is 10.0. The lowest BCUT2D eigenvalue weighted by Crippen LogP contribution is -2.41. The maximum Gasteiger partial charge on any atom is 0.321 e. The molecule has 0 spiro atoms. The highest BCUT2D eigenvalue weighted by Crippen LogP contribution is 2.20. The van der Waals surface area contributed by atoms with E-state index in [4.69, 9.17) is 0 Å². The van der Waals surface area contributed by atoms with E-state index >= 15 is 0 Å². The Labute approximate surface area is 135 Å². The number of hydrogen-bond donors (Lipinski definition) is 3. The molecule has 1 amide bonds. The molecular weight excluding hydrogens is 320 g/mol. The topological polar surface area (TPSA) is 113 Å². The fourth-order valence-corrected chi connectivity index (χ4v) is 3.71. The summed E-state index contributed by atoms with van der Waals surface area (Å²) >= 11 is 0. The number of hydrogen-bond acceptors (Lipinski definition) is 4. The standard InChI is InChI=1S/C15H20N2O5S/c1-9(2)7-13(15(19)20)17-23(21,22)11-4-3-10-5-6-16-14(18)12(10)8-11/h3-4,8-9,13,17H,5-7H2,1-2H3,(H,16,18)(H,19,20)/t13-/m0/s1. The van der Waals surface area contributed by atoms with Gasteiger partial charge in [-0.3, -0.25) is 9.59 Å².